The van der Waals surface area contributed by atoms with Gasteiger partial charge in [-0.2, -0.15) is 0 Å². The minimum absolute atomic E-state index is 0.0316. The fraction of sp³-hybridized carbons (Fsp3) is 0.846. The van der Waals surface area contributed by atoms with Crippen molar-refractivity contribution in [1.29, 1.82) is 0 Å². The summed E-state index contributed by atoms with van der Waals surface area (Å²) >= 11 is 0. The van der Waals surface area contributed by atoms with E-state index in [1.165, 1.54) is 0 Å². The average Bonchev–Trinajstić information content (AvgIpc) is 2.73. The van der Waals surface area contributed by atoms with Crippen molar-refractivity contribution in [2.75, 3.05) is 32.8 Å². The molecule has 2 rings (SSSR count). The lowest BCUT2D eigenvalue weighted by Crippen LogP contribution is -2.54. The Bertz CT molecular complexity index is 382. The molecule has 2 aliphatic heterocycles. The summed E-state index contributed by atoms with van der Waals surface area (Å²) in [5.41, 5.74) is 10.5. The molecule has 0 aromatic rings. The van der Waals surface area contributed by atoms with E-state index in [-0.39, 0.29) is 30.4 Å². The summed E-state index contributed by atoms with van der Waals surface area (Å²) in [6.45, 7) is 4.49. The summed E-state index contributed by atoms with van der Waals surface area (Å²) in [6.07, 6.45) is 1.65. The molecule has 7 heteroatoms. The fourth-order valence-corrected chi connectivity index (χ4v) is 2.73. The standard InChI is InChI=1S/C13H24N4O3/c1-13(8-20-7-10(13)14)12(19)16-9-2-4-17(5-3-9)6-11(15)18/h9-10H,2-8,14H2,1H3,(H2,15,18)(H,16,19). The van der Waals surface area contributed by atoms with Crippen LogP contribution < -0.4 is 16.8 Å². The van der Waals surface area contributed by atoms with Gasteiger partial charge in [0, 0.05) is 25.2 Å². The number of likely N-dealkylation sites (tertiary alicyclic amines) is 1. The van der Waals surface area contributed by atoms with Crippen molar-refractivity contribution >= 4 is 11.8 Å². The number of nitrogens with one attached hydrogen (secondary N) is 1. The normalized spacial score (nSPS) is 32.2. The third kappa shape index (κ3) is 3.28. The smallest absolute Gasteiger partial charge is 0.231 e. The van der Waals surface area contributed by atoms with Crippen molar-refractivity contribution in [2.45, 2.75) is 31.8 Å². The molecule has 20 heavy (non-hydrogen) atoms. The predicted molar refractivity (Wildman–Crippen MR) is 73.7 cm³/mol. The van der Waals surface area contributed by atoms with Gasteiger partial charge in [0.2, 0.25) is 11.8 Å². The van der Waals surface area contributed by atoms with Gasteiger partial charge < -0.3 is 21.5 Å². The van der Waals surface area contributed by atoms with E-state index in [2.05, 4.69) is 5.32 Å². The van der Waals surface area contributed by atoms with Gasteiger partial charge in [0.15, 0.2) is 0 Å². The van der Waals surface area contributed by atoms with E-state index in [0.29, 0.717) is 13.2 Å². The Kier molecular flexibility index (Phi) is 4.62. The van der Waals surface area contributed by atoms with E-state index in [0.717, 1.165) is 25.9 Å². The van der Waals surface area contributed by atoms with Gasteiger partial charge >= 0.3 is 0 Å². The monoisotopic (exact) mass is 284 g/mol. The van der Waals surface area contributed by atoms with Crippen molar-refractivity contribution < 1.29 is 14.3 Å². The van der Waals surface area contributed by atoms with Crippen molar-refractivity contribution in [3.8, 4) is 0 Å². The van der Waals surface area contributed by atoms with Gasteiger partial charge in [-0.1, -0.05) is 0 Å². The van der Waals surface area contributed by atoms with E-state index in [1.54, 1.807) is 0 Å². The average molecular weight is 284 g/mol. The van der Waals surface area contributed by atoms with Gasteiger partial charge in [0.05, 0.1) is 25.2 Å². The second-order valence-corrected chi connectivity index (χ2v) is 6.03. The van der Waals surface area contributed by atoms with Gasteiger partial charge in [-0.3, -0.25) is 14.5 Å². The van der Waals surface area contributed by atoms with Gasteiger partial charge in [0.25, 0.3) is 0 Å². The van der Waals surface area contributed by atoms with Crippen LogP contribution in [-0.2, 0) is 14.3 Å². The number of carbonyl (C=O) groups excluding carboxylic acids is 2. The van der Waals surface area contributed by atoms with E-state index in [4.69, 9.17) is 16.2 Å². The number of amides is 2. The third-order valence-electron chi connectivity index (χ3n) is 4.34. The van der Waals surface area contributed by atoms with Crippen molar-refractivity contribution in [2.24, 2.45) is 16.9 Å². The highest BCUT2D eigenvalue weighted by molar-refractivity contribution is 5.83. The molecule has 2 heterocycles. The first kappa shape index (κ1) is 15.2. The Hall–Kier alpha value is -1.18. The van der Waals surface area contributed by atoms with Crippen LogP contribution >= 0.6 is 0 Å². The van der Waals surface area contributed by atoms with Crippen LogP contribution in [0, 0.1) is 5.41 Å². The highest BCUT2D eigenvalue weighted by atomic mass is 16.5. The van der Waals surface area contributed by atoms with Crippen LogP contribution in [0.25, 0.3) is 0 Å². The molecule has 0 radical (unpaired) electrons. The molecule has 2 atom stereocenters. The minimum Gasteiger partial charge on any atom is -0.379 e. The fourth-order valence-electron chi connectivity index (χ4n) is 2.73. The molecule has 2 aliphatic rings. The molecule has 2 amide bonds. The number of piperidine rings is 1. The molecule has 0 saturated carbocycles. The van der Waals surface area contributed by atoms with Crippen LogP contribution in [0.5, 0.6) is 0 Å². The molecule has 7 nitrogen and oxygen atoms in total. The summed E-state index contributed by atoms with van der Waals surface area (Å²) in [4.78, 5) is 25.2. The maximum Gasteiger partial charge on any atom is 0.231 e. The van der Waals surface area contributed by atoms with Crippen LogP contribution in [0.15, 0.2) is 0 Å². The Morgan fingerprint density at radius 1 is 1.40 bits per heavy atom. The maximum absolute atomic E-state index is 12.3. The molecule has 2 fully saturated rings. The van der Waals surface area contributed by atoms with Crippen molar-refractivity contribution in [1.82, 2.24) is 10.2 Å². The lowest BCUT2D eigenvalue weighted by Gasteiger charge is -2.34. The molecular weight excluding hydrogens is 260 g/mol. The van der Waals surface area contributed by atoms with Gasteiger partial charge in [0.1, 0.15) is 0 Å². The van der Waals surface area contributed by atoms with Crippen LogP contribution in [-0.4, -0.2) is 61.6 Å². The number of primary amides is 1. The second-order valence-electron chi connectivity index (χ2n) is 6.03. The summed E-state index contributed by atoms with van der Waals surface area (Å²) in [5, 5.41) is 3.06. The Balaban J connectivity index is 1.80. The molecule has 0 spiro atoms. The molecule has 5 N–H and O–H groups in total. The summed E-state index contributed by atoms with van der Waals surface area (Å²) in [7, 11) is 0. The number of hydrogen-bond donors (Lipinski definition) is 3. The third-order valence-corrected chi connectivity index (χ3v) is 4.34. The van der Waals surface area contributed by atoms with Gasteiger partial charge in [-0.15, -0.1) is 0 Å². The van der Waals surface area contributed by atoms with Crippen molar-refractivity contribution in [3.05, 3.63) is 0 Å². The summed E-state index contributed by atoms with van der Waals surface area (Å²) < 4.78 is 5.30. The lowest BCUT2D eigenvalue weighted by molar-refractivity contribution is -0.132. The number of nitrogens with zero attached hydrogens (tertiary/aromatic N) is 1. The van der Waals surface area contributed by atoms with E-state index >= 15 is 0 Å². The minimum atomic E-state index is -0.635. The first-order valence-corrected chi connectivity index (χ1v) is 7.07. The number of carbonyl (C=O) groups is 2. The molecule has 114 valence electrons. The van der Waals surface area contributed by atoms with Crippen LogP contribution in [0.3, 0.4) is 0 Å². The zero-order valence-electron chi connectivity index (χ0n) is 11.9. The lowest BCUT2D eigenvalue weighted by atomic mass is 9.84. The quantitative estimate of drug-likeness (QED) is 0.577. The highest BCUT2D eigenvalue weighted by Crippen LogP contribution is 2.27. The van der Waals surface area contributed by atoms with E-state index in [1.807, 2.05) is 11.8 Å². The molecule has 0 bridgehead atoms. The predicted octanol–water partition coefficient (Wildman–Crippen LogP) is -1.58. The largest absolute Gasteiger partial charge is 0.379 e. The molecule has 0 aliphatic carbocycles. The van der Waals surface area contributed by atoms with Crippen molar-refractivity contribution in [3.63, 3.8) is 0 Å². The SMILES string of the molecule is CC1(C(=O)NC2CCN(CC(N)=O)CC2)COCC1N. The molecule has 2 unspecified atom stereocenters. The molecule has 0 aromatic heterocycles. The maximum atomic E-state index is 12.3. The van der Waals surface area contributed by atoms with Gasteiger partial charge in [-0.25, -0.2) is 0 Å². The Labute approximate surface area is 119 Å². The van der Waals surface area contributed by atoms with Gasteiger partial charge in [-0.05, 0) is 19.8 Å². The molecular formula is C13H24N4O3. The van der Waals surface area contributed by atoms with Crippen LogP contribution in [0.1, 0.15) is 19.8 Å². The first-order chi connectivity index (χ1) is 9.41. The topological polar surface area (TPSA) is 111 Å². The molecule has 2 saturated heterocycles. The Morgan fingerprint density at radius 2 is 2.05 bits per heavy atom. The first-order valence-electron chi connectivity index (χ1n) is 7.07. The Morgan fingerprint density at radius 3 is 2.55 bits per heavy atom. The summed E-state index contributed by atoms with van der Waals surface area (Å²) in [5.74, 6) is -0.343. The number of hydrogen-bond acceptors (Lipinski definition) is 5. The number of rotatable bonds is 4. The summed E-state index contributed by atoms with van der Waals surface area (Å²) in [6, 6.07) is -0.117. The highest BCUT2D eigenvalue weighted by Gasteiger charge is 2.44. The van der Waals surface area contributed by atoms with Crippen LogP contribution in [0.2, 0.25) is 0 Å². The zero-order valence-corrected chi connectivity index (χ0v) is 11.9. The van der Waals surface area contributed by atoms with E-state index in [9.17, 15) is 9.59 Å². The van der Waals surface area contributed by atoms with Crippen LogP contribution in [0.4, 0.5) is 0 Å². The number of ether oxygens (including phenoxy) is 1. The number of nitrogens with two attached hydrogens (primary N) is 2. The zero-order chi connectivity index (χ0) is 14.8. The van der Waals surface area contributed by atoms with E-state index < -0.39 is 5.41 Å². The molecule has 0 aromatic carbocycles. The second kappa shape index (κ2) is 6.07.